The summed E-state index contributed by atoms with van der Waals surface area (Å²) in [7, 11) is 0. The van der Waals surface area contributed by atoms with Crippen LogP contribution in [0.2, 0.25) is 0 Å². The lowest BCUT2D eigenvalue weighted by molar-refractivity contribution is -0.131. The first-order chi connectivity index (χ1) is 10.1. The maximum absolute atomic E-state index is 13.4. The van der Waals surface area contributed by atoms with E-state index in [9.17, 15) is 9.18 Å². The first-order valence-corrected chi connectivity index (χ1v) is 7.56. The Hall–Kier alpha value is -1.33. The van der Waals surface area contributed by atoms with Crippen molar-refractivity contribution in [2.45, 2.75) is 25.3 Å². The number of carbonyl (C=O) groups is 1. The molecule has 4 nitrogen and oxygen atoms in total. The van der Waals surface area contributed by atoms with Crippen molar-refractivity contribution in [2.75, 3.05) is 19.7 Å². The summed E-state index contributed by atoms with van der Waals surface area (Å²) in [6, 6.07) is 6.48. The van der Waals surface area contributed by atoms with Crippen molar-refractivity contribution in [1.29, 1.82) is 0 Å². The molecule has 1 amide bonds. The largest absolute Gasteiger partial charge is 0.490 e. The van der Waals surface area contributed by atoms with Crippen molar-refractivity contribution in [3.63, 3.8) is 0 Å². The van der Waals surface area contributed by atoms with Crippen LogP contribution >= 0.6 is 12.4 Å². The molecule has 0 bridgehead atoms. The van der Waals surface area contributed by atoms with Crippen LogP contribution in [-0.4, -0.2) is 36.5 Å². The molecule has 6 heteroatoms. The lowest BCUT2D eigenvalue weighted by Gasteiger charge is -2.19. The third-order valence-electron chi connectivity index (χ3n) is 4.68. The van der Waals surface area contributed by atoms with E-state index in [1.165, 1.54) is 6.07 Å². The Bertz CT molecular complexity index is 529. The minimum Gasteiger partial charge on any atom is -0.490 e. The van der Waals surface area contributed by atoms with Gasteiger partial charge in [-0.1, -0.05) is 12.1 Å². The van der Waals surface area contributed by atoms with Crippen molar-refractivity contribution in [2.24, 2.45) is 17.6 Å². The summed E-state index contributed by atoms with van der Waals surface area (Å²) in [5.41, 5.74) is 6.07. The predicted octanol–water partition coefficient (Wildman–Crippen LogP) is 2.21. The van der Waals surface area contributed by atoms with Crippen LogP contribution in [-0.2, 0) is 4.79 Å². The molecule has 2 aliphatic rings. The maximum atomic E-state index is 13.4. The molecule has 3 unspecified atom stereocenters. The number of likely N-dealkylation sites (tertiary alicyclic amines) is 1. The van der Waals surface area contributed by atoms with Gasteiger partial charge in [0.05, 0.1) is 13.0 Å². The van der Waals surface area contributed by atoms with Crippen molar-refractivity contribution < 1.29 is 13.9 Å². The second kappa shape index (κ2) is 7.29. The van der Waals surface area contributed by atoms with E-state index in [1.807, 2.05) is 4.90 Å². The fraction of sp³-hybridized carbons (Fsp3) is 0.562. The van der Waals surface area contributed by atoms with Gasteiger partial charge in [0.15, 0.2) is 11.6 Å². The second-order valence-electron chi connectivity index (χ2n) is 5.99. The Balaban J connectivity index is 0.00000176. The number of nitrogens with two attached hydrogens (primary N) is 1. The minimum atomic E-state index is -0.397. The molecule has 1 saturated carbocycles. The van der Waals surface area contributed by atoms with Gasteiger partial charge in [0.1, 0.15) is 0 Å². The molecule has 0 aromatic heterocycles. The average Bonchev–Trinajstić information content (AvgIpc) is 3.04. The van der Waals surface area contributed by atoms with Crippen molar-refractivity contribution in [1.82, 2.24) is 4.90 Å². The number of carbonyl (C=O) groups excluding carboxylic acids is 1. The molecule has 1 saturated heterocycles. The van der Waals surface area contributed by atoms with Gasteiger partial charge in [-0.25, -0.2) is 4.39 Å². The summed E-state index contributed by atoms with van der Waals surface area (Å²) in [6.07, 6.45) is 2.48. The molecule has 0 spiro atoms. The van der Waals surface area contributed by atoms with Crippen molar-refractivity contribution in [3.8, 4) is 5.75 Å². The minimum absolute atomic E-state index is 0. The van der Waals surface area contributed by atoms with Crippen LogP contribution in [0.3, 0.4) is 0 Å². The van der Waals surface area contributed by atoms with Crippen LogP contribution in [0.15, 0.2) is 24.3 Å². The zero-order valence-electron chi connectivity index (χ0n) is 12.4. The Kier molecular flexibility index (Phi) is 5.64. The molecule has 1 heterocycles. The predicted molar refractivity (Wildman–Crippen MR) is 84.5 cm³/mol. The van der Waals surface area contributed by atoms with E-state index in [4.69, 9.17) is 10.5 Å². The average molecular weight is 329 g/mol. The van der Waals surface area contributed by atoms with E-state index in [2.05, 4.69) is 0 Å². The molecule has 2 fully saturated rings. The van der Waals surface area contributed by atoms with E-state index >= 15 is 0 Å². The first-order valence-electron chi connectivity index (χ1n) is 7.56. The molecule has 0 radical (unpaired) electrons. The topological polar surface area (TPSA) is 55.6 Å². The van der Waals surface area contributed by atoms with Gasteiger partial charge in [-0.2, -0.15) is 0 Å². The molecule has 1 aliphatic carbocycles. The lowest BCUT2D eigenvalue weighted by Crippen LogP contribution is -2.34. The normalized spacial score (nSPS) is 26.5. The summed E-state index contributed by atoms with van der Waals surface area (Å²) >= 11 is 0. The van der Waals surface area contributed by atoms with Gasteiger partial charge in [0.25, 0.3) is 0 Å². The molecule has 2 N–H and O–H groups in total. The molecule has 1 aromatic carbocycles. The summed E-state index contributed by atoms with van der Waals surface area (Å²) in [4.78, 5) is 14.1. The molecule has 3 rings (SSSR count). The number of rotatable bonds is 4. The van der Waals surface area contributed by atoms with Crippen LogP contribution in [0.5, 0.6) is 5.75 Å². The quantitative estimate of drug-likeness (QED) is 0.922. The number of benzene rings is 1. The van der Waals surface area contributed by atoms with Gasteiger partial charge in [0, 0.05) is 19.1 Å². The van der Waals surface area contributed by atoms with E-state index in [0.29, 0.717) is 11.8 Å². The number of hydrogen-bond acceptors (Lipinski definition) is 3. The highest BCUT2D eigenvalue weighted by Gasteiger charge is 2.42. The highest BCUT2D eigenvalue weighted by atomic mass is 35.5. The van der Waals surface area contributed by atoms with Crippen LogP contribution < -0.4 is 10.5 Å². The van der Waals surface area contributed by atoms with Crippen LogP contribution in [0.25, 0.3) is 0 Å². The molecule has 1 aliphatic heterocycles. The number of halogens is 2. The third-order valence-corrected chi connectivity index (χ3v) is 4.68. The standard InChI is InChI=1S/C16H21FN2O2.ClH/c17-13-3-1-2-4-15(13)21-8-7-16(20)19-9-11-5-6-14(18)12(11)10-19;/h1-4,11-12,14H,5-10,18H2;1H. The first kappa shape index (κ1) is 17.0. The lowest BCUT2D eigenvalue weighted by atomic mass is 9.98. The summed E-state index contributed by atoms with van der Waals surface area (Å²) < 4.78 is 18.7. The summed E-state index contributed by atoms with van der Waals surface area (Å²) in [5, 5.41) is 0. The van der Waals surface area contributed by atoms with E-state index < -0.39 is 5.82 Å². The maximum Gasteiger partial charge on any atom is 0.226 e. The SMILES string of the molecule is Cl.NC1CCC2CN(C(=O)CCOc3ccccc3F)CC12. The van der Waals surface area contributed by atoms with Crippen LogP contribution in [0, 0.1) is 17.7 Å². The van der Waals surface area contributed by atoms with Crippen LogP contribution in [0.4, 0.5) is 4.39 Å². The third kappa shape index (κ3) is 3.52. The zero-order chi connectivity index (χ0) is 14.8. The highest BCUT2D eigenvalue weighted by molar-refractivity contribution is 5.85. The molecular weight excluding hydrogens is 307 g/mol. The van der Waals surface area contributed by atoms with Gasteiger partial charge in [-0.05, 0) is 36.8 Å². The Morgan fingerprint density at radius 1 is 1.32 bits per heavy atom. The molecule has 3 atom stereocenters. The van der Waals surface area contributed by atoms with E-state index in [-0.39, 0.29) is 43.1 Å². The number of fused-ring (bicyclic) bond motifs is 1. The monoisotopic (exact) mass is 328 g/mol. The molecule has 122 valence electrons. The summed E-state index contributed by atoms with van der Waals surface area (Å²) in [5.74, 6) is 0.906. The molecule has 22 heavy (non-hydrogen) atoms. The van der Waals surface area contributed by atoms with Gasteiger partial charge in [-0.15, -0.1) is 12.4 Å². The van der Waals surface area contributed by atoms with E-state index in [0.717, 1.165) is 25.9 Å². The number of amides is 1. The van der Waals surface area contributed by atoms with Crippen LogP contribution in [0.1, 0.15) is 19.3 Å². The zero-order valence-corrected chi connectivity index (χ0v) is 13.2. The Morgan fingerprint density at radius 2 is 2.09 bits per heavy atom. The molecular formula is C16H22ClFN2O2. The highest BCUT2D eigenvalue weighted by Crippen LogP contribution is 2.37. The van der Waals surface area contributed by atoms with Gasteiger partial charge in [0.2, 0.25) is 5.91 Å². The Morgan fingerprint density at radius 3 is 2.82 bits per heavy atom. The van der Waals surface area contributed by atoms with Gasteiger partial charge in [-0.3, -0.25) is 4.79 Å². The molecule has 1 aromatic rings. The second-order valence-corrected chi connectivity index (χ2v) is 5.99. The Labute approximate surface area is 136 Å². The fourth-order valence-electron chi connectivity index (χ4n) is 3.48. The van der Waals surface area contributed by atoms with E-state index in [1.54, 1.807) is 18.2 Å². The van der Waals surface area contributed by atoms with Crippen molar-refractivity contribution in [3.05, 3.63) is 30.1 Å². The van der Waals surface area contributed by atoms with Gasteiger partial charge < -0.3 is 15.4 Å². The number of para-hydroxylation sites is 1. The number of nitrogens with zero attached hydrogens (tertiary/aromatic N) is 1. The van der Waals surface area contributed by atoms with Crippen molar-refractivity contribution >= 4 is 18.3 Å². The summed E-state index contributed by atoms with van der Waals surface area (Å²) in [6.45, 7) is 1.79. The fourth-order valence-corrected chi connectivity index (χ4v) is 3.48. The smallest absolute Gasteiger partial charge is 0.226 e. The van der Waals surface area contributed by atoms with Gasteiger partial charge >= 0.3 is 0 Å². The number of hydrogen-bond donors (Lipinski definition) is 1. The number of ether oxygens (including phenoxy) is 1.